The van der Waals surface area contributed by atoms with Crippen molar-refractivity contribution in [1.82, 2.24) is 15.0 Å². The summed E-state index contributed by atoms with van der Waals surface area (Å²) in [6.45, 7) is 10.7. The number of carbonyl (C=O) groups is 2. The van der Waals surface area contributed by atoms with Crippen LogP contribution in [-0.4, -0.2) is 79.4 Å². The van der Waals surface area contributed by atoms with E-state index in [1.165, 1.54) is 12.8 Å². The summed E-state index contributed by atoms with van der Waals surface area (Å²) in [4.78, 5) is 30.3. The molecule has 202 valence electrons. The largest absolute Gasteiger partial charge is 0.491 e. The van der Waals surface area contributed by atoms with Gasteiger partial charge in [-0.2, -0.15) is 0 Å². The van der Waals surface area contributed by atoms with E-state index < -0.39 is 6.03 Å². The highest BCUT2D eigenvalue weighted by Crippen LogP contribution is 2.32. The monoisotopic (exact) mass is 513 g/mol. The SMILES string of the molecule is CO[C@@H]1CN(C)C(=O)c2cc(NC(=O)Nc3c(C)noc3C)ccc2OC[C@@H](C)N(CC2CC2)C[C@H]1C. The Morgan fingerprint density at radius 2 is 1.95 bits per heavy atom. The highest BCUT2D eigenvalue weighted by molar-refractivity contribution is 6.02. The number of hydrogen-bond acceptors (Lipinski definition) is 7. The highest BCUT2D eigenvalue weighted by Gasteiger charge is 2.31. The molecule has 10 heteroatoms. The molecule has 0 unspecified atom stereocenters. The minimum atomic E-state index is -0.457. The maximum Gasteiger partial charge on any atom is 0.323 e. The van der Waals surface area contributed by atoms with Crippen LogP contribution in [0.3, 0.4) is 0 Å². The molecule has 0 saturated heterocycles. The molecule has 2 N–H and O–H groups in total. The summed E-state index contributed by atoms with van der Waals surface area (Å²) in [6.07, 6.45) is 2.46. The molecule has 1 aliphatic heterocycles. The third-order valence-electron chi connectivity index (χ3n) is 7.29. The van der Waals surface area contributed by atoms with E-state index in [1.807, 2.05) is 0 Å². The summed E-state index contributed by atoms with van der Waals surface area (Å²) in [5.74, 6) is 1.81. The summed E-state index contributed by atoms with van der Waals surface area (Å²) in [7, 11) is 3.47. The first-order chi connectivity index (χ1) is 17.7. The van der Waals surface area contributed by atoms with Crippen LogP contribution in [0.2, 0.25) is 0 Å². The van der Waals surface area contributed by atoms with E-state index in [0.29, 0.717) is 47.3 Å². The second-order valence-electron chi connectivity index (χ2n) is 10.5. The van der Waals surface area contributed by atoms with Crippen LogP contribution >= 0.6 is 0 Å². The molecule has 2 aliphatic rings. The number of fused-ring (bicyclic) bond motifs is 1. The van der Waals surface area contributed by atoms with E-state index in [4.69, 9.17) is 14.0 Å². The zero-order chi connectivity index (χ0) is 26.7. The number of amides is 3. The first-order valence-corrected chi connectivity index (χ1v) is 13.0. The van der Waals surface area contributed by atoms with Gasteiger partial charge >= 0.3 is 6.03 Å². The van der Waals surface area contributed by atoms with E-state index in [0.717, 1.165) is 19.0 Å². The van der Waals surface area contributed by atoms with Gasteiger partial charge in [-0.25, -0.2) is 4.79 Å². The Balaban J connectivity index is 1.57. The van der Waals surface area contributed by atoms with Gasteiger partial charge in [0.2, 0.25) is 0 Å². The minimum absolute atomic E-state index is 0.103. The fourth-order valence-electron chi connectivity index (χ4n) is 4.75. The second kappa shape index (κ2) is 11.5. The summed E-state index contributed by atoms with van der Waals surface area (Å²) in [5, 5.41) is 9.41. The lowest BCUT2D eigenvalue weighted by atomic mass is 10.0. The lowest BCUT2D eigenvalue weighted by Crippen LogP contribution is -2.47. The maximum atomic E-state index is 13.5. The molecule has 1 saturated carbocycles. The number of nitrogens with zero attached hydrogens (tertiary/aromatic N) is 3. The van der Waals surface area contributed by atoms with E-state index >= 15 is 0 Å². The van der Waals surface area contributed by atoms with Crippen molar-refractivity contribution in [3.63, 3.8) is 0 Å². The molecule has 0 radical (unpaired) electrons. The molecule has 0 bridgehead atoms. The third kappa shape index (κ3) is 6.61. The summed E-state index contributed by atoms with van der Waals surface area (Å²) in [6, 6.07) is 4.86. The molecule has 0 spiro atoms. The van der Waals surface area contributed by atoms with Gasteiger partial charge in [-0.05, 0) is 63.6 Å². The number of ether oxygens (including phenoxy) is 2. The molecular weight excluding hydrogens is 474 g/mol. The van der Waals surface area contributed by atoms with Gasteiger partial charge in [0.1, 0.15) is 23.7 Å². The molecule has 10 nitrogen and oxygen atoms in total. The van der Waals surface area contributed by atoms with Gasteiger partial charge in [-0.15, -0.1) is 0 Å². The Hall–Kier alpha value is -3.11. The van der Waals surface area contributed by atoms with Crippen LogP contribution in [-0.2, 0) is 4.74 Å². The molecule has 37 heavy (non-hydrogen) atoms. The van der Waals surface area contributed by atoms with Crippen LogP contribution in [0.15, 0.2) is 22.7 Å². The number of urea groups is 1. The molecule has 1 aliphatic carbocycles. The number of rotatable bonds is 5. The average molecular weight is 514 g/mol. The smallest absolute Gasteiger partial charge is 0.323 e. The summed E-state index contributed by atoms with van der Waals surface area (Å²) < 4.78 is 17.2. The first-order valence-electron chi connectivity index (χ1n) is 13.0. The number of aromatic nitrogens is 1. The first kappa shape index (κ1) is 26.9. The number of hydrogen-bond donors (Lipinski definition) is 2. The number of methoxy groups -OCH3 is 1. The molecule has 1 aromatic carbocycles. The average Bonchev–Trinajstić information content (AvgIpc) is 3.64. The number of benzene rings is 1. The van der Waals surface area contributed by atoms with E-state index in [1.54, 1.807) is 51.1 Å². The number of aryl methyl sites for hydroxylation is 2. The minimum Gasteiger partial charge on any atom is -0.491 e. The number of nitrogens with one attached hydrogen (secondary N) is 2. The van der Waals surface area contributed by atoms with Gasteiger partial charge in [-0.1, -0.05) is 12.1 Å². The van der Waals surface area contributed by atoms with Crippen LogP contribution < -0.4 is 15.4 Å². The lowest BCUT2D eigenvalue weighted by Gasteiger charge is -2.36. The van der Waals surface area contributed by atoms with Crippen molar-refractivity contribution >= 4 is 23.3 Å². The molecule has 2 heterocycles. The zero-order valence-corrected chi connectivity index (χ0v) is 22.7. The topological polar surface area (TPSA) is 109 Å². The van der Waals surface area contributed by atoms with Crippen LogP contribution in [0.5, 0.6) is 5.75 Å². The molecule has 4 rings (SSSR count). The van der Waals surface area contributed by atoms with Crippen molar-refractivity contribution in [3.8, 4) is 5.75 Å². The summed E-state index contributed by atoms with van der Waals surface area (Å²) in [5.41, 5.74) is 1.97. The maximum absolute atomic E-state index is 13.5. The molecule has 3 amide bonds. The third-order valence-corrected chi connectivity index (χ3v) is 7.29. The Morgan fingerprint density at radius 3 is 2.59 bits per heavy atom. The number of likely N-dealkylation sites (N-methyl/N-ethyl adjacent to an activating group) is 1. The molecule has 3 atom stereocenters. The fourth-order valence-corrected chi connectivity index (χ4v) is 4.75. The van der Waals surface area contributed by atoms with Crippen LogP contribution in [0, 0.1) is 25.7 Å². The Kier molecular flexibility index (Phi) is 8.39. The van der Waals surface area contributed by atoms with Gasteiger partial charge in [0.25, 0.3) is 5.91 Å². The van der Waals surface area contributed by atoms with E-state index in [2.05, 4.69) is 34.5 Å². The summed E-state index contributed by atoms with van der Waals surface area (Å²) >= 11 is 0. The van der Waals surface area contributed by atoms with Gasteiger partial charge in [0.05, 0.1) is 11.7 Å². The number of carbonyl (C=O) groups excluding carboxylic acids is 2. The van der Waals surface area contributed by atoms with Crippen molar-refractivity contribution in [2.24, 2.45) is 11.8 Å². The van der Waals surface area contributed by atoms with Crippen molar-refractivity contribution in [2.45, 2.75) is 52.7 Å². The van der Waals surface area contributed by atoms with Crippen LogP contribution in [0.1, 0.15) is 48.5 Å². The lowest BCUT2D eigenvalue weighted by molar-refractivity contribution is 0.00994. The zero-order valence-electron chi connectivity index (χ0n) is 22.7. The van der Waals surface area contributed by atoms with Gasteiger partial charge < -0.3 is 29.5 Å². The quantitative estimate of drug-likeness (QED) is 0.618. The van der Waals surface area contributed by atoms with Crippen molar-refractivity contribution < 1.29 is 23.6 Å². The highest BCUT2D eigenvalue weighted by atomic mass is 16.5. The standard InChI is InChI=1S/C27H39N5O5/c1-16-12-32(13-20-7-8-20)17(2)15-36-23-10-9-21(11-22(23)26(33)31(5)14-24(16)35-6)28-27(34)29-25-18(3)30-37-19(25)4/h9-11,16-17,20,24H,7-8,12-15H2,1-6H3,(H2,28,29,34)/t16-,17-,24-/m1/s1. The Morgan fingerprint density at radius 1 is 1.19 bits per heavy atom. The van der Waals surface area contributed by atoms with Gasteiger partial charge in [0, 0.05) is 45.5 Å². The predicted octanol–water partition coefficient (Wildman–Crippen LogP) is 4.15. The van der Waals surface area contributed by atoms with Crippen molar-refractivity contribution in [2.75, 3.05) is 51.0 Å². The Labute approximate surface area is 218 Å². The van der Waals surface area contributed by atoms with Crippen LogP contribution in [0.4, 0.5) is 16.2 Å². The molecular formula is C27H39N5O5. The van der Waals surface area contributed by atoms with Crippen molar-refractivity contribution in [1.29, 1.82) is 0 Å². The number of anilines is 2. The predicted molar refractivity (Wildman–Crippen MR) is 141 cm³/mol. The van der Waals surface area contributed by atoms with Crippen LogP contribution in [0.25, 0.3) is 0 Å². The second-order valence-corrected chi connectivity index (χ2v) is 10.5. The normalized spacial score (nSPS) is 23.5. The van der Waals surface area contributed by atoms with Crippen molar-refractivity contribution in [3.05, 3.63) is 35.2 Å². The Bertz CT molecular complexity index is 1100. The fraction of sp³-hybridized carbons (Fsp3) is 0.593. The molecule has 1 fully saturated rings. The van der Waals surface area contributed by atoms with Gasteiger partial charge in [0.15, 0.2) is 5.76 Å². The molecule has 1 aromatic heterocycles. The van der Waals surface area contributed by atoms with E-state index in [-0.39, 0.29) is 24.0 Å². The van der Waals surface area contributed by atoms with Gasteiger partial charge in [-0.3, -0.25) is 9.69 Å². The molecule has 2 aromatic rings. The van der Waals surface area contributed by atoms with E-state index in [9.17, 15) is 9.59 Å².